The minimum atomic E-state index is -0.457. The Hall–Kier alpha value is -2.04. The van der Waals surface area contributed by atoms with Gasteiger partial charge in [-0.1, -0.05) is 0 Å². The predicted molar refractivity (Wildman–Crippen MR) is 60.7 cm³/mol. The number of benzene rings is 1. The summed E-state index contributed by atoms with van der Waals surface area (Å²) >= 11 is 0. The van der Waals surface area contributed by atoms with Crippen LogP contribution in [0.2, 0.25) is 0 Å². The number of rotatable bonds is 2. The molecule has 5 nitrogen and oxygen atoms in total. The van der Waals surface area contributed by atoms with Gasteiger partial charge in [0.2, 0.25) is 5.91 Å². The summed E-state index contributed by atoms with van der Waals surface area (Å²) in [6.07, 6.45) is 0.208. The average Bonchev–Trinajstić information content (AvgIpc) is 2.50. The number of nitrogens with zero attached hydrogens (tertiary/aromatic N) is 1. The second-order valence-corrected chi connectivity index (χ2v) is 3.81. The molecule has 16 heavy (non-hydrogen) atoms. The lowest BCUT2D eigenvalue weighted by atomic mass is 10.2. The molecular formula is C11H13N3O2. The van der Waals surface area contributed by atoms with Crippen LogP contribution in [-0.4, -0.2) is 29.8 Å². The molecule has 1 aromatic carbocycles. The maximum absolute atomic E-state index is 11.6. The molecule has 1 aliphatic heterocycles. The lowest BCUT2D eigenvalue weighted by Crippen LogP contribution is -2.31. The third-order valence-corrected chi connectivity index (χ3v) is 2.63. The molecule has 0 aliphatic carbocycles. The molecule has 0 spiro atoms. The van der Waals surface area contributed by atoms with Crippen LogP contribution in [0.25, 0.3) is 0 Å². The van der Waals surface area contributed by atoms with Gasteiger partial charge in [0.05, 0.1) is 6.42 Å². The van der Waals surface area contributed by atoms with Crippen LogP contribution in [0.4, 0.5) is 11.4 Å². The number of likely N-dealkylation sites (N-methyl/N-ethyl adjacent to an activating group) is 1. The highest BCUT2D eigenvalue weighted by atomic mass is 16.2. The largest absolute Gasteiger partial charge is 0.399 e. The highest BCUT2D eigenvalue weighted by molar-refractivity contribution is 6.06. The normalized spacial score (nSPS) is 20.3. The lowest BCUT2D eigenvalue weighted by molar-refractivity contribution is -0.136. The molecule has 1 atom stereocenters. The van der Waals surface area contributed by atoms with E-state index in [-0.39, 0.29) is 18.2 Å². The Morgan fingerprint density at radius 3 is 2.44 bits per heavy atom. The number of carbonyl (C=O) groups is 2. The molecule has 1 aromatic rings. The first-order valence-electron chi connectivity index (χ1n) is 5.00. The zero-order chi connectivity index (χ0) is 11.7. The summed E-state index contributed by atoms with van der Waals surface area (Å²) in [5.41, 5.74) is 7.00. The van der Waals surface area contributed by atoms with E-state index in [1.807, 2.05) is 0 Å². The number of hydrogen-bond acceptors (Lipinski definition) is 4. The Labute approximate surface area is 93.2 Å². The van der Waals surface area contributed by atoms with E-state index in [1.54, 1.807) is 24.3 Å². The van der Waals surface area contributed by atoms with Crippen LogP contribution in [-0.2, 0) is 9.59 Å². The van der Waals surface area contributed by atoms with Crippen molar-refractivity contribution in [3.63, 3.8) is 0 Å². The van der Waals surface area contributed by atoms with E-state index in [0.717, 1.165) is 10.6 Å². The molecule has 0 radical (unpaired) electrons. The summed E-state index contributed by atoms with van der Waals surface area (Å²) in [5, 5.41) is 3.01. The standard InChI is InChI=1S/C11H13N3O2/c1-14-10(15)6-9(11(14)16)13-8-4-2-7(12)3-5-8/h2-5,9,13H,6,12H2,1H3. The molecule has 2 rings (SSSR count). The maximum Gasteiger partial charge on any atom is 0.251 e. The number of nitrogens with two attached hydrogens (primary N) is 1. The molecule has 1 aliphatic rings. The predicted octanol–water partition coefficient (Wildman–Crippen LogP) is 0.438. The van der Waals surface area contributed by atoms with Crippen molar-refractivity contribution in [2.24, 2.45) is 0 Å². The summed E-state index contributed by atoms with van der Waals surface area (Å²) in [6, 6.07) is 6.60. The first kappa shape index (κ1) is 10.5. The minimum Gasteiger partial charge on any atom is -0.399 e. The molecule has 0 saturated carbocycles. The number of anilines is 2. The van der Waals surface area contributed by atoms with Crippen LogP contribution in [0, 0.1) is 0 Å². The first-order valence-corrected chi connectivity index (χ1v) is 5.00. The van der Waals surface area contributed by atoms with Crippen LogP contribution < -0.4 is 11.1 Å². The summed E-state index contributed by atoms with van der Waals surface area (Å²) in [5.74, 6) is -0.347. The van der Waals surface area contributed by atoms with E-state index < -0.39 is 6.04 Å². The van der Waals surface area contributed by atoms with Gasteiger partial charge in [-0.3, -0.25) is 14.5 Å². The van der Waals surface area contributed by atoms with Gasteiger partial charge in [0.25, 0.3) is 5.91 Å². The van der Waals surface area contributed by atoms with Crippen LogP contribution in [0.15, 0.2) is 24.3 Å². The first-order chi connectivity index (χ1) is 7.58. The van der Waals surface area contributed by atoms with Crippen LogP contribution in [0.3, 0.4) is 0 Å². The molecule has 3 N–H and O–H groups in total. The van der Waals surface area contributed by atoms with Gasteiger partial charge in [0, 0.05) is 18.4 Å². The molecule has 1 unspecified atom stereocenters. The SMILES string of the molecule is CN1C(=O)CC(Nc2ccc(N)cc2)C1=O. The van der Waals surface area contributed by atoms with Gasteiger partial charge in [0.1, 0.15) is 6.04 Å². The molecule has 1 fully saturated rings. The second kappa shape index (κ2) is 3.84. The molecule has 1 heterocycles. The van der Waals surface area contributed by atoms with Crippen molar-refractivity contribution in [2.45, 2.75) is 12.5 Å². The second-order valence-electron chi connectivity index (χ2n) is 3.81. The van der Waals surface area contributed by atoms with E-state index in [1.165, 1.54) is 7.05 Å². The van der Waals surface area contributed by atoms with Gasteiger partial charge in [-0.05, 0) is 24.3 Å². The maximum atomic E-state index is 11.6. The minimum absolute atomic E-state index is 0.155. The Morgan fingerprint density at radius 2 is 1.94 bits per heavy atom. The van der Waals surface area contributed by atoms with Gasteiger partial charge < -0.3 is 11.1 Å². The van der Waals surface area contributed by atoms with E-state index in [4.69, 9.17) is 5.73 Å². The Bertz CT molecular complexity index is 427. The summed E-state index contributed by atoms with van der Waals surface area (Å²) in [6.45, 7) is 0. The Balaban J connectivity index is 2.09. The van der Waals surface area contributed by atoms with Gasteiger partial charge in [0.15, 0.2) is 0 Å². The quantitative estimate of drug-likeness (QED) is 0.559. The van der Waals surface area contributed by atoms with Crippen molar-refractivity contribution in [1.82, 2.24) is 4.90 Å². The summed E-state index contributed by atoms with van der Waals surface area (Å²) in [7, 11) is 1.50. The number of carbonyl (C=O) groups excluding carboxylic acids is 2. The molecule has 0 aromatic heterocycles. The fraction of sp³-hybridized carbons (Fsp3) is 0.273. The fourth-order valence-electron chi connectivity index (χ4n) is 1.65. The van der Waals surface area contributed by atoms with Crippen molar-refractivity contribution in [2.75, 3.05) is 18.1 Å². The van der Waals surface area contributed by atoms with Crippen LogP contribution in [0.5, 0.6) is 0 Å². The number of nitrogens with one attached hydrogen (secondary N) is 1. The van der Waals surface area contributed by atoms with Crippen molar-refractivity contribution in [3.05, 3.63) is 24.3 Å². The van der Waals surface area contributed by atoms with Gasteiger partial charge in [-0.15, -0.1) is 0 Å². The topological polar surface area (TPSA) is 75.4 Å². The molecule has 0 bridgehead atoms. The highest BCUT2D eigenvalue weighted by Crippen LogP contribution is 2.17. The number of likely N-dealkylation sites (tertiary alicyclic amines) is 1. The summed E-state index contributed by atoms with van der Waals surface area (Å²) < 4.78 is 0. The molecule has 2 amide bonds. The number of amides is 2. The van der Waals surface area contributed by atoms with E-state index >= 15 is 0 Å². The van der Waals surface area contributed by atoms with E-state index in [2.05, 4.69) is 5.32 Å². The molecule has 84 valence electrons. The average molecular weight is 219 g/mol. The third kappa shape index (κ3) is 1.84. The molecule has 1 saturated heterocycles. The zero-order valence-corrected chi connectivity index (χ0v) is 8.93. The van der Waals surface area contributed by atoms with Gasteiger partial charge in [-0.25, -0.2) is 0 Å². The van der Waals surface area contributed by atoms with Gasteiger partial charge >= 0.3 is 0 Å². The number of hydrogen-bond donors (Lipinski definition) is 2. The van der Waals surface area contributed by atoms with Crippen molar-refractivity contribution in [3.8, 4) is 0 Å². The Morgan fingerprint density at radius 1 is 1.31 bits per heavy atom. The number of imide groups is 1. The van der Waals surface area contributed by atoms with Gasteiger partial charge in [-0.2, -0.15) is 0 Å². The van der Waals surface area contributed by atoms with Crippen molar-refractivity contribution >= 4 is 23.2 Å². The number of nitrogen functional groups attached to an aromatic ring is 1. The fourth-order valence-corrected chi connectivity index (χ4v) is 1.65. The Kier molecular flexibility index (Phi) is 2.52. The van der Waals surface area contributed by atoms with E-state index in [9.17, 15) is 9.59 Å². The molecule has 5 heteroatoms. The van der Waals surface area contributed by atoms with Crippen LogP contribution >= 0.6 is 0 Å². The van der Waals surface area contributed by atoms with Crippen molar-refractivity contribution < 1.29 is 9.59 Å². The smallest absolute Gasteiger partial charge is 0.251 e. The monoisotopic (exact) mass is 219 g/mol. The van der Waals surface area contributed by atoms with E-state index in [0.29, 0.717) is 5.69 Å². The molecular weight excluding hydrogens is 206 g/mol. The summed E-state index contributed by atoms with van der Waals surface area (Å²) in [4.78, 5) is 24.0. The highest BCUT2D eigenvalue weighted by Gasteiger charge is 2.35. The lowest BCUT2D eigenvalue weighted by Gasteiger charge is -2.12. The van der Waals surface area contributed by atoms with Crippen LogP contribution in [0.1, 0.15) is 6.42 Å². The zero-order valence-electron chi connectivity index (χ0n) is 8.93. The third-order valence-electron chi connectivity index (χ3n) is 2.63. The van der Waals surface area contributed by atoms with Crippen molar-refractivity contribution in [1.29, 1.82) is 0 Å².